The van der Waals surface area contributed by atoms with E-state index in [1.807, 2.05) is 13.0 Å². The van der Waals surface area contributed by atoms with Gasteiger partial charge in [-0.2, -0.15) is 0 Å². The highest BCUT2D eigenvalue weighted by atomic mass is 79.9. The second-order valence-corrected chi connectivity index (χ2v) is 7.26. The van der Waals surface area contributed by atoms with Gasteiger partial charge in [-0.3, -0.25) is 4.72 Å². The van der Waals surface area contributed by atoms with Gasteiger partial charge in [0.1, 0.15) is 4.90 Å². The van der Waals surface area contributed by atoms with Crippen molar-refractivity contribution >= 4 is 53.5 Å². The van der Waals surface area contributed by atoms with Gasteiger partial charge < -0.3 is 9.52 Å². The summed E-state index contributed by atoms with van der Waals surface area (Å²) in [7, 11) is -3.98. The number of carboxylic acid groups (broad SMARTS) is 1. The molecular formula is C12H9Br2NO5S. The molecule has 2 N–H and O–H groups in total. The molecule has 1 heterocycles. The van der Waals surface area contributed by atoms with Crippen LogP contribution in [0.4, 0.5) is 5.69 Å². The molecule has 0 spiro atoms. The summed E-state index contributed by atoms with van der Waals surface area (Å²) in [6.07, 6.45) is 0. The summed E-state index contributed by atoms with van der Waals surface area (Å²) in [5, 5.41) is 8.82. The van der Waals surface area contributed by atoms with Gasteiger partial charge in [-0.15, -0.1) is 0 Å². The van der Waals surface area contributed by atoms with Crippen LogP contribution < -0.4 is 4.72 Å². The van der Waals surface area contributed by atoms with Crippen LogP contribution in [-0.4, -0.2) is 19.5 Å². The van der Waals surface area contributed by atoms with Crippen molar-refractivity contribution in [2.24, 2.45) is 0 Å². The molecule has 112 valence electrons. The van der Waals surface area contributed by atoms with E-state index < -0.39 is 21.8 Å². The monoisotopic (exact) mass is 437 g/mol. The van der Waals surface area contributed by atoms with E-state index in [4.69, 9.17) is 9.52 Å². The van der Waals surface area contributed by atoms with Gasteiger partial charge in [0.05, 0.1) is 5.69 Å². The molecule has 0 unspecified atom stereocenters. The predicted molar refractivity (Wildman–Crippen MR) is 83.1 cm³/mol. The van der Waals surface area contributed by atoms with Gasteiger partial charge in [-0.1, -0.05) is 12.1 Å². The van der Waals surface area contributed by atoms with Crippen LogP contribution in [0.5, 0.6) is 0 Å². The molecule has 0 amide bonds. The number of aryl methyl sites for hydroxylation is 1. The van der Waals surface area contributed by atoms with Crippen LogP contribution in [0.3, 0.4) is 0 Å². The number of hydrogen-bond donors (Lipinski definition) is 2. The smallest absolute Gasteiger partial charge is 0.371 e. The molecule has 0 aliphatic rings. The van der Waals surface area contributed by atoms with E-state index in [1.165, 1.54) is 0 Å². The first-order valence-electron chi connectivity index (χ1n) is 5.53. The van der Waals surface area contributed by atoms with Crippen molar-refractivity contribution in [2.45, 2.75) is 11.8 Å². The van der Waals surface area contributed by atoms with Gasteiger partial charge in [-0.25, -0.2) is 13.2 Å². The van der Waals surface area contributed by atoms with Crippen molar-refractivity contribution in [3.8, 4) is 0 Å². The third kappa shape index (κ3) is 3.30. The zero-order chi connectivity index (χ0) is 15.8. The third-order valence-corrected chi connectivity index (χ3v) is 5.87. The Morgan fingerprint density at radius 3 is 2.57 bits per heavy atom. The maximum Gasteiger partial charge on any atom is 0.371 e. The first-order valence-corrected chi connectivity index (χ1v) is 8.60. The summed E-state index contributed by atoms with van der Waals surface area (Å²) in [6.45, 7) is 1.82. The van der Waals surface area contributed by atoms with E-state index in [2.05, 4.69) is 36.6 Å². The Balaban J connectivity index is 2.43. The molecule has 1 aromatic heterocycles. The van der Waals surface area contributed by atoms with Crippen LogP contribution in [0.25, 0.3) is 0 Å². The summed E-state index contributed by atoms with van der Waals surface area (Å²) in [6, 6.07) is 6.04. The molecule has 1 aromatic carbocycles. The molecule has 0 saturated heterocycles. The molecule has 9 heteroatoms. The number of carboxylic acids is 1. The molecule has 0 bridgehead atoms. The number of anilines is 1. The summed E-state index contributed by atoms with van der Waals surface area (Å²) >= 11 is 6.20. The zero-order valence-corrected chi connectivity index (χ0v) is 14.5. The number of halogens is 2. The molecule has 0 aliphatic carbocycles. The summed E-state index contributed by atoms with van der Waals surface area (Å²) in [5.41, 5.74) is 1.20. The average Bonchev–Trinajstić information content (AvgIpc) is 2.78. The third-order valence-electron chi connectivity index (χ3n) is 2.59. The molecule has 0 radical (unpaired) electrons. The Kier molecular flexibility index (Phi) is 4.45. The number of rotatable bonds is 4. The van der Waals surface area contributed by atoms with Crippen LogP contribution in [0.2, 0.25) is 0 Å². The van der Waals surface area contributed by atoms with Crippen LogP contribution in [0.15, 0.2) is 42.7 Å². The van der Waals surface area contributed by atoms with Gasteiger partial charge in [-0.05, 0) is 50.4 Å². The highest BCUT2D eigenvalue weighted by molar-refractivity contribution is 9.10. The molecule has 6 nitrogen and oxygen atoms in total. The van der Waals surface area contributed by atoms with E-state index in [1.54, 1.807) is 12.1 Å². The zero-order valence-electron chi connectivity index (χ0n) is 10.6. The molecule has 0 aliphatic heterocycles. The number of sulfonamides is 1. The second-order valence-electron chi connectivity index (χ2n) is 4.10. The first-order chi connectivity index (χ1) is 9.72. The average molecular weight is 439 g/mol. The van der Waals surface area contributed by atoms with Crippen LogP contribution in [-0.2, 0) is 10.0 Å². The highest BCUT2D eigenvalue weighted by Gasteiger charge is 2.25. The number of aromatic carboxylic acids is 1. The van der Waals surface area contributed by atoms with Gasteiger partial charge in [0.2, 0.25) is 5.76 Å². The largest absolute Gasteiger partial charge is 0.475 e. The van der Waals surface area contributed by atoms with Crippen molar-refractivity contribution in [1.29, 1.82) is 0 Å². The quantitative estimate of drug-likeness (QED) is 0.759. The van der Waals surface area contributed by atoms with Gasteiger partial charge in [0.15, 0.2) is 4.67 Å². The lowest BCUT2D eigenvalue weighted by atomic mass is 10.2. The van der Waals surface area contributed by atoms with Gasteiger partial charge in [0, 0.05) is 10.5 Å². The Labute approximate surface area is 137 Å². The maximum atomic E-state index is 12.3. The van der Waals surface area contributed by atoms with Gasteiger partial charge >= 0.3 is 5.97 Å². The van der Waals surface area contributed by atoms with Crippen LogP contribution in [0, 0.1) is 6.92 Å². The van der Waals surface area contributed by atoms with Crippen LogP contribution in [0.1, 0.15) is 16.1 Å². The van der Waals surface area contributed by atoms with Gasteiger partial charge in [0.25, 0.3) is 10.0 Å². The molecule has 0 saturated carbocycles. The summed E-state index contributed by atoms with van der Waals surface area (Å²) in [5.74, 6) is -1.82. The fraction of sp³-hybridized carbons (Fsp3) is 0.0833. The van der Waals surface area contributed by atoms with E-state index in [0.29, 0.717) is 10.2 Å². The van der Waals surface area contributed by atoms with Crippen molar-refractivity contribution < 1.29 is 22.7 Å². The Hall–Kier alpha value is -1.32. The molecule has 2 aromatic rings. The molecule has 2 rings (SSSR count). The van der Waals surface area contributed by atoms with Crippen molar-refractivity contribution in [3.63, 3.8) is 0 Å². The number of carbonyl (C=O) groups is 1. The minimum atomic E-state index is -3.98. The normalized spacial score (nSPS) is 11.4. The molecule has 0 atom stereocenters. The maximum absolute atomic E-state index is 12.3. The van der Waals surface area contributed by atoms with Crippen molar-refractivity contribution in [1.82, 2.24) is 0 Å². The molecule has 21 heavy (non-hydrogen) atoms. The van der Waals surface area contributed by atoms with E-state index in [-0.39, 0.29) is 9.56 Å². The highest BCUT2D eigenvalue weighted by Crippen LogP contribution is 2.31. The number of furan rings is 1. The number of nitrogens with one attached hydrogen (secondary N) is 1. The summed E-state index contributed by atoms with van der Waals surface area (Å²) in [4.78, 5) is 10.5. The van der Waals surface area contributed by atoms with E-state index in [0.717, 1.165) is 11.6 Å². The SMILES string of the molecule is Cc1cccc(NS(=O)(=O)c2cc(C(=O)O)oc2Br)c1Br. The number of hydrogen-bond acceptors (Lipinski definition) is 4. The molecule has 0 fully saturated rings. The predicted octanol–water partition coefficient (Wildman–Crippen LogP) is 3.61. The van der Waals surface area contributed by atoms with Crippen molar-refractivity contribution in [3.05, 3.63) is 44.7 Å². The Morgan fingerprint density at radius 2 is 2.00 bits per heavy atom. The van der Waals surface area contributed by atoms with E-state index in [9.17, 15) is 13.2 Å². The lowest BCUT2D eigenvalue weighted by molar-refractivity contribution is 0.0661. The fourth-order valence-electron chi connectivity index (χ4n) is 1.57. The fourth-order valence-corrected chi connectivity index (χ4v) is 4.07. The number of benzene rings is 1. The summed E-state index contributed by atoms with van der Waals surface area (Å²) < 4.78 is 32.3. The Bertz CT molecular complexity index is 813. The van der Waals surface area contributed by atoms with Crippen molar-refractivity contribution in [2.75, 3.05) is 4.72 Å². The molecular weight excluding hydrogens is 430 g/mol. The Morgan fingerprint density at radius 1 is 1.33 bits per heavy atom. The standard InChI is InChI=1S/C12H9Br2NO5S/c1-6-3-2-4-7(10(6)13)15-21(18,19)9-5-8(12(16)17)20-11(9)14/h2-5,15H,1H3,(H,16,17). The first kappa shape index (κ1) is 16.1. The topological polar surface area (TPSA) is 96.6 Å². The minimum Gasteiger partial charge on any atom is -0.475 e. The minimum absolute atomic E-state index is 0.170. The lowest BCUT2D eigenvalue weighted by Crippen LogP contribution is -2.13. The second kappa shape index (κ2) is 5.82. The van der Waals surface area contributed by atoms with E-state index >= 15 is 0 Å². The lowest BCUT2D eigenvalue weighted by Gasteiger charge is -2.10. The van der Waals surface area contributed by atoms with Crippen LogP contribution >= 0.6 is 31.9 Å².